The van der Waals surface area contributed by atoms with Crippen LogP contribution in [0.3, 0.4) is 0 Å². The molecule has 0 aliphatic carbocycles. The van der Waals surface area contributed by atoms with E-state index in [-0.39, 0.29) is 5.91 Å². The number of fused-ring (bicyclic) bond motifs is 1. The number of anilines is 1. The molecule has 142 valence electrons. The van der Waals surface area contributed by atoms with Gasteiger partial charge in [-0.3, -0.25) is 4.79 Å². The summed E-state index contributed by atoms with van der Waals surface area (Å²) in [4.78, 5) is 20.7. The highest BCUT2D eigenvalue weighted by molar-refractivity contribution is 5.91. The number of rotatable bonds is 4. The summed E-state index contributed by atoms with van der Waals surface area (Å²) < 4.78 is 3.41. The minimum atomic E-state index is -0.0859. The SMILES string of the molecule is CCC(=O)Nc1cc(C)nn1-c1ncnc2c1cnn2-c1ccc(C)c(C)c1. The Bertz CT molecular complexity index is 1190. The first-order chi connectivity index (χ1) is 13.5. The van der Waals surface area contributed by atoms with Crippen LogP contribution >= 0.6 is 0 Å². The van der Waals surface area contributed by atoms with Gasteiger partial charge in [-0.2, -0.15) is 14.9 Å². The van der Waals surface area contributed by atoms with Crippen molar-refractivity contribution in [1.29, 1.82) is 0 Å². The number of hydrogen-bond acceptors (Lipinski definition) is 5. The third-order valence-corrected chi connectivity index (χ3v) is 4.70. The molecule has 0 atom stereocenters. The Kier molecular flexibility index (Phi) is 4.38. The molecule has 8 heteroatoms. The molecule has 8 nitrogen and oxygen atoms in total. The number of amides is 1. The highest BCUT2D eigenvalue weighted by Crippen LogP contribution is 2.24. The van der Waals surface area contributed by atoms with E-state index < -0.39 is 0 Å². The Labute approximate surface area is 162 Å². The second-order valence-electron chi connectivity index (χ2n) is 6.74. The van der Waals surface area contributed by atoms with Crippen molar-refractivity contribution in [2.75, 3.05) is 5.32 Å². The van der Waals surface area contributed by atoms with Gasteiger partial charge in [0.2, 0.25) is 5.91 Å². The summed E-state index contributed by atoms with van der Waals surface area (Å²) in [6.45, 7) is 7.82. The Morgan fingerprint density at radius 2 is 1.89 bits per heavy atom. The first-order valence-electron chi connectivity index (χ1n) is 9.11. The number of aromatic nitrogens is 6. The Balaban J connectivity index is 1.86. The minimum absolute atomic E-state index is 0.0859. The molecule has 0 saturated heterocycles. The van der Waals surface area contributed by atoms with Gasteiger partial charge < -0.3 is 5.32 Å². The Morgan fingerprint density at radius 1 is 1.07 bits per heavy atom. The third kappa shape index (κ3) is 3.02. The molecular weight excluding hydrogens is 354 g/mol. The molecule has 0 aliphatic rings. The van der Waals surface area contributed by atoms with Crippen LogP contribution in [0, 0.1) is 20.8 Å². The molecule has 0 unspecified atom stereocenters. The zero-order valence-electron chi connectivity index (χ0n) is 16.3. The van der Waals surface area contributed by atoms with Crippen LogP contribution in [0.15, 0.2) is 36.8 Å². The summed E-state index contributed by atoms with van der Waals surface area (Å²) >= 11 is 0. The number of hydrogen-bond donors (Lipinski definition) is 1. The first-order valence-corrected chi connectivity index (χ1v) is 9.11. The van der Waals surface area contributed by atoms with Crippen molar-refractivity contribution in [2.24, 2.45) is 0 Å². The lowest BCUT2D eigenvalue weighted by molar-refractivity contribution is -0.115. The standard InChI is InChI=1S/C20H21N7O/c1-5-18(28)24-17-9-14(4)25-27(17)20-16-10-23-26(19(16)21-11-22-20)15-7-6-12(2)13(3)8-15/h6-11H,5H2,1-4H3,(H,24,28). The number of benzene rings is 1. The van der Waals surface area contributed by atoms with E-state index in [1.807, 2.05) is 19.1 Å². The van der Waals surface area contributed by atoms with Crippen LogP contribution in [-0.4, -0.2) is 35.4 Å². The van der Waals surface area contributed by atoms with Gasteiger partial charge >= 0.3 is 0 Å². The van der Waals surface area contributed by atoms with Crippen LogP contribution in [-0.2, 0) is 4.79 Å². The Morgan fingerprint density at radius 3 is 2.64 bits per heavy atom. The molecular formula is C20H21N7O. The van der Waals surface area contributed by atoms with Crippen molar-refractivity contribution in [3.63, 3.8) is 0 Å². The molecule has 4 rings (SSSR count). The summed E-state index contributed by atoms with van der Waals surface area (Å²) in [5, 5.41) is 12.6. The van der Waals surface area contributed by atoms with Gasteiger partial charge in [0.05, 0.1) is 23.0 Å². The van der Waals surface area contributed by atoms with Crippen LogP contribution < -0.4 is 5.32 Å². The molecule has 0 bridgehead atoms. The first kappa shape index (κ1) is 17.8. The monoisotopic (exact) mass is 375 g/mol. The molecule has 0 spiro atoms. The maximum Gasteiger partial charge on any atom is 0.225 e. The van der Waals surface area contributed by atoms with Gasteiger partial charge in [-0.15, -0.1) is 0 Å². The highest BCUT2D eigenvalue weighted by Gasteiger charge is 2.17. The number of carbonyl (C=O) groups is 1. The minimum Gasteiger partial charge on any atom is -0.311 e. The van der Waals surface area contributed by atoms with Gasteiger partial charge in [0.15, 0.2) is 11.5 Å². The fourth-order valence-corrected chi connectivity index (χ4v) is 3.03. The largest absolute Gasteiger partial charge is 0.311 e. The average molecular weight is 375 g/mol. The normalized spacial score (nSPS) is 11.1. The molecule has 3 aromatic heterocycles. The van der Waals surface area contributed by atoms with E-state index in [0.29, 0.717) is 23.7 Å². The smallest absolute Gasteiger partial charge is 0.225 e. The fourth-order valence-electron chi connectivity index (χ4n) is 3.03. The maximum absolute atomic E-state index is 11.9. The van der Waals surface area contributed by atoms with Crippen molar-refractivity contribution in [3.8, 4) is 11.5 Å². The summed E-state index contributed by atoms with van der Waals surface area (Å²) in [5.74, 6) is 1.06. The second kappa shape index (κ2) is 6.88. The number of carbonyl (C=O) groups excluding carboxylic acids is 1. The van der Waals surface area contributed by atoms with Crippen molar-refractivity contribution < 1.29 is 4.79 Å². The molecule has 4 aromatic rings. The molecule has 0 fully saturated rings. The molecule has 1 N–H and O–H groups in total. The van der Waals surface area contributed by atoms with E-state index in [2.05, 4.69) is 51.5 Å². The van der Waals surface area contributed by atoms with Crippen molar-refractivity contribution >= 4 is 22.8 Å². The number of nitrogens with one attached hydrogen (secondary N) is 1. The van der Waals surface area contributed by atoms with Crippen molar-refractivity contribution in [2.45, 2.75) is 34.1 Å². The van der Waals surface area contributed by atoms with Gasteiger partial charge in [0.25, 0.3) is 0 Å². The fraction of sp³-hybridized carbons (Fsp3) is 0.250. The lowest BCUT2D eigenvalue weighted by Gasteiger charge is -2.09. The Hall–Kier alpha value is -3.55. The van der Waals surface area contributed by atoms with Crippen LogP contribution in [0.5, 0.6) is 0 Å². The summed E-state index contributed by atoms with van der Waals surface area (Å²) in [7, 11) is 0. The van der Waals surface area contributed by atoms with E-state index in [4.69, 9.17) is 0 Å². The number of aryl methyl sites for hydroxylation is 3. The zero-order chi connectivity index (χ0) is 19.8. The lowest BCUT2D eigenvalue weighted by atomic mass is 10.1. The summed E-state index contributed by atoms with van der Waals surface area (Å²) in [6.07, 6.45) is 3.59. The van der Waals surface area contributed by atoms with E-state index in [1.165, 1.54) is 17.5 Å². The molecule has 3 heterocycles. The highest BCUT2D eigenvalue weighted by atomic mass is 16.1. The van der Waals surface area contributed by atoms with Crippen molar-refractivity contribution in [1.82, 2.24) is 29.5 Å². The molecule has 1 aromatic carbocycles. The quantitative estimate of drug-likeness (QED) is 0.591. The summed E-state index contributed by atoms with van der Waals surface area (Å²) in [6, 6.07) is 7.97. The van der Waals surface area contributed by atoms with E-state index in [0.717, 1.165) is 16.8 Å². The van der Waals surface area contributed by atoms with Crippen LogP contribution in [0.2, 0.25) is 0 Å². The van der Waals surface area contributed by atoms with E-state index in [9.17, 15) is 4.79 Å². The molecule has 28 heavy (non-hydrogen) atoms. The van der Waals surface area contributed by atoms with E-state index >= 15 is 0 Å². The number of nitrogens with zero attached hydrogens (tertiary/aromatic N) is 6. The second-order valence-corrected chi connectivity index (χ2v) is 6.74. The van der Waals surface area contributed by atoms with Crippen LogP contribution in [0.4, 0.5) is 5.82 Å². The third-order valence-electron chi connectivity index (χ3n) is 4.70. The van der Waals surface area contributed by atoms with Crippen LogP contribution in [0.1, 0.15) is 30.2 Å². The summed E-state index contributed by atoms with van der Waals surface area (Å²) in [5.41, 5.74) is 4.79. The van der Waals surface area contributed by atoms with Gasteiger partial charge in [-0.1, -0.05) is 13.0 Å². The topological polar surface area (TPSA) is 90.5 Å². The molecule has 0 radical (unpaired) electrons. The maximum atomic E-state index is 11.9. The zero-order valence-corrected chi connectivity index (χ0v) is 16.3. The van der Waals surface area contributed by atoms with E-state index in [1.54, 1.807) is 22.5 Å². The van der Waals surface area contributed by atoms with Gasteiger partial charge in [0.1, 0.15) is 12.1 Å². The molecule has 0 aliphatic heterocycles. The predicted molar refractivity (Wildman–Crippen MR) is 107 cm³/mol. The van der Waals surface area contributed by atoms with Crippen LogP contribution in [0.25, 0.3) is 22.5 Å². The predicted octanol–water partition coefficient (Wildman–Crippen LogP) is 3.27. The van der Waals surface area contributed by atoms with Crippen molar-refractivity contribution in [3.05, 3.63) is 53.6 Å². The van der Waals surface area contributed by atoms with Gasteiger partial charge in [-0.25, -0.2) is 14.6 Å². The molecule has 1 amide bonds. The van der Waals surface area contributed by atoms with Gasteiger partial charge in [-0.05, 0) is 44.0 Å². The lowest BCUT2D eigenvalue weighted by Crippen LogP contribution is -2.14. The average Bonchev–Trinajstić information content (AvgIpc) is 3.27. The molecule has 0 saturated carbocycles. The van der Waals surface area contributed by atoms with Gasteiger partial charge in [0, 0.05) is 12.5 Å².